The van der Waals surface area contributed by atoms with E-state index in [2.05, 4.69) is 36.9 Å². The number of nitrogens with zero attached hydrogens (tertiary/aromatic N) is 1. The lowest BCUT2D eigenvalue weighted by atomic mass is 10.0. The van der Waals surface area contributed by atoms with E-state index in [0.29, 0.717) is 12.6 Å². The predicted octanol–water partition coefficient (Wildman–Crippen LogP) is 4.16. The van der Waals surface area contributed by atoms with E-state index < -0.39 is 0 Å². The number of benzene rings is 1. The van der Waals surface area contributed by atoms with Crippen molar-refractivity contribution in [1.29, 1.82) is 0 Å². The van der Waals surface area contributed by atoms with E-state index in [1.165, 1.54) is 24.8 Å². The highest BCUT2D eigenvalue weighted by atomic mass is 35.5. The molecule has 3 heteroatoms. The van der Waals surface area contributed by atoms with Crippen LogP contribution in [0.25, 0.3) is 0 Å². The lowest BCUT2D eigenvalue weighted by molar-refractivity contribution is 0.181. The van der Waals surface area contributed by atoms with Crippen LogP contribution in [0.1, 0.15) is 50.3 Å². The largest absolute Gasteiger partial charge is 0.329 e. The van der Waals surface area contributed by atoms with Gasteiger partial charge in [0.15, 0.2) is 0 Å². The third kappa shape index (κ3) is 3.97. The van der Waals surface area contributed by atoms with Gasteiger partial charge >= 0.3 is 0 Å². The molecule has 1 unspecified atom stereocenters. The van der Waals surface area contributed by atoms with E-state index in [-0.39, 0.29) is 0 Å². The van der Waals surface area contributed by atoms with Crippen molar-refractivity contribution in [2.75, 3.05) is 13.1 Å². The second kappa shape index (κ2) is 6.93. The van der Waals surface area contributed by atoms with Crippen LogP contribution in [0.3, 0.4) is 0 Å². The summed E-state index contributed by atoms with van der Waals surface area (Å²) in [6.45, 7) is 8.40. The second-order valence-corrected chi connectivity index (χ2v) is 6.82. The fourth-order valence-corrected chi connectivity index (χ4v) is 2.87. The van der Waals surface area contributed by atoms with Gasteiger partial charge in [-0.3, -0.25) is 4.90 Å². The van der Waals surface area contributed by atoms with Gasteiger partial charge in [0.1, 0.15) is 0 Å². The molecule has 0 saturated heterocycles. The Bertz CT molecular complexity index is 441. The molecule has 1 saturated carbocycles. The molecule has 0 aromatic heterocycles. The van der Waals surface area contributed by atoms with Gasteiger partial charge in [-0.1, -0.05) is 37.6 Å². The second-order valence-electron chi connectivity index (χ2n) is 6.41. The van der Waals surface area contributed by atoms with Gasteiger partial charge in [0.2, 0.25) is 0 Å². The Labute approximate surface area is 128 Å². The van der Waals surface area contributed by atoms with E-state index in [1.807, 2.05) is 6.92 Å². The number of hydrogen-bond acceptors (Lipinski definition) is 2. The van der Waals surface area contributed by atoms with Crippen LogP contribution in [-0.2, 0) is 0 Å². The standard InChI is InChI=1S/C17H27ClN2/c1-12(2)8-9-20(15-6-7-15)17(11-19)14-5-4-13(3)16(18)10-14/h4-5,10,12,15,17H,6-9,11,19H2,1-3H3. The van der Waals surface area contributed by atoms with Crippen molar-refractivity contribution in [2.45, 2.75) is 52.1 Å². The molecule has 2 N–H and O–H groups in total. The summed E-state index contributed by atoms with van der Waals surface area (Å²) in [5, 5.41) is 0.848. The van der Waals surface area contributed by atoms with Gasteiger partial charge in [-0.15, -0.1) is 0 Å². The summed E-state index contributed by atoms with van der Waals surface area (Å²) in [5.74, 6) is 0.733. The van der Waals surface area contributed by atoms with Crippen LogP contribution in [0.15, 0.2) is 18.2 Å². The highest BCUT2D eigenvalue weighted by Gasteiger charge is 2.33. The molecule has 0 aliphatic heterocycles. The fourth-order valence-electron chi connectivity index (χ4n) is 2.69. The van der Waals surface area contributed by atoms with Crippen LogP contribution >= 0.6 is 11.6 Å². The molecule has 1 atom stereocenters. The van der Waals surface area contributed by atoms with Crippen molar-refractivity contribution in [3.05, 3.63) is 34.3 Å². The first-order valence-corrected chi connectivity index (χ1v) is 8.12. The molecular formula is C17H27ClN2. The van der Waals surface area contributed by atoms with Crippen molar-refractivity contribution < 1.29 is 0 Å². The van der Waals surface area contributed by atoms with Crippen LogP contribution in [0.2, 0.25) is 5.02 Å². The first-order chi connectivity index (χ1) is 9.52. The Morgan fingerprint density at radius 2 is 2.05 bits per heavy atom. The van der Waals surface area contributed by atoms with Crippen molar-refractivity contribution in [1.82, 2.24) is 4.90 Å². The summed E-state index contributed by atoms with van der Waals surface area (Å²) in [6, 6.07) is 7.41. The number of aryl methyl sites for hydroxylation is 1. The highest BCUT2D eigenvalue weighted by Crippen LogP contribution is 2.35. The maximum Gasteiger partial charge on any atom is 0.0473 e. The molecule has 1 aromatic carbocycles. The monoisotopic (exact) mass is 294 g/mol. The maximum atomic E-state index is 6.28. The summed E-state index contributed by atoms with van der Waals surface area (Å²) in [6.07, 6.45) is 3.86. The lowest BCUT2D eigenvalue weighted by Gasteiger charge is -2.32. The van der Waals surface area contributed by atoms with Gasteiger partial charge in [0.25, 0.3) is 0 Å². The number of nitrogens with two attached hydrogens (primary N) is 1. The fraction of sp³-hybridized carbons (Fsp3) is 0.647. The molecule has 2 rings (SSSR count). The molecule has 2 nitrogen and oxygen atoms in total. The Balaban J connectivity index is 2.16. The molecule has 1 aromatic rings. The molecule has 0 amide bonds. The number of hydrogen-bond donors (Lipinski definition) is 1. The number of rotatable bonds is 7. The average molecular weight is 295 g/mol. The minimum atomic E-state index is 0.305. The van der Waals surface area contributed by atoms with Crippen LogP contribution in [-0.4, -0.2) is 24.0 Å². The zero-order chi connectivity index (χ0) is 14.7. The summed E-state index contributed by atoms with van der Waals surface area (Å²) in [5.41, 5.74) is 8.47. The molecule has 0 heterocycles. The van der Waals surface area contributed by atoms with E-state index in [9.17, 15) is 0 Å². The number of halogens is 1. The molecule has 1 aliphatic carbocycles. The van der Waals surface area contributed by atoms with Gasteiger partial charge < -0.3 is 5.73 Å². The lowest BCUT2D eigenvalue weighted by Crippen LogP contribution is -2.36. The highest BCUT2D eigenvalue weighted by molar-refractivity contribution is 6.31. The van der Waals surface area contributed by atoms with E-state index in [1.54, 1.807) is 0 Å². The topological polar surface area (TPSA) is 29.3 Å². The zero-order valence-corrected chi connectivity index (χ0v) is 13.7. The van der Waals surface area contributed by atoms with Gasteiger partial charge in [-0.25, -0.2) is 0 Å². The Morgan fingerprint density at radius 3 is 2.55 bits per heavy atom. The molecule has 20 heavy (non-hydrogen) atoms. The van der Waals surface area contributed by atoms with Crippen LogP contribution < -0.4 is 5.73 Å². The third-order valence-corrected chi connectivity index (χ3v) is 4.59. The van der Waals surface area contributed by atoms with Crippen molar-refractivity contribution in [2.24, 2.45) is 11.7 Å². The average Bonchev–Trinajstić information content (AvgIpc) is 3.22. The normalized spacial score (nSPS) is 16.9. The first kappa shape index (κ1) is 15.8. The van der Waals surface area contributed by atoms with Crippen molar-refractivity contribution >= 4 is 11.6 Å². The summed E-state index contributed by atoms with van der Waals surface area (Å²) < 4.78 is 0. The van der Waals surface area contributed by atoms with Gasteiger partial charge in [-0.2, -0.15) is 0 Å². The van der Waals surface area contributed by atoms with Crippen LogP contribution in [0.4, 0.5) is 0 Å². The van der Waals surface area contributed by atoms with Crippen molar-refractivity contribution in [3.8, 4) is 0 Å². The third-order valence-electron chi connectivity index (χ3n) is 4.18. The molecule has 1 aliphatic rings. The smallest absolute Gasteiger partial charge is 0.0473 e. The van der Waals surface area contributed by atoms with Gasteiger partial charge in [0.05, 0.1) is 0 Å². The van der Waals surface area contributed by atoms with Gasteiger partial charge in [0, 0.05) is 23.7 Å². The van der Waals surface area contributed by atoms with Crippen LogP contribution in [0.5, 0.6) is 0 Å². The molecule has 112 valence electrons. The first-order valence-electron chi connectivity index (χ1n) is 7.74. The Hall–Kier alpha value is -0.570. The summed E-state index contributed by atoms with van der Waals surface area (Å²) >= 11 is 6.28. The molecule has 0 bridgehead atoms. The van der Waals surface area contributed by atoms with E-state index >= 15 is 0 Å². The quantitative estimate of drug-likeness (QED) is 0.818. The molecular weight excluding hydrogens is 268 g/mol. The summed E-state index contributed by atoms with van der Waals surface area (Å²) in [4.78, 5) is 2.60. The zero-order valence-electron chi connectivity index (χ0n) is 12.9. The molecule has 0 radical (unpaired) electrons. The van der Waals surface area contributed by atoms with E-state index in [0.717, 1.165) is 29.1 Å². The SMILES string of the molecule is Cc1ccc(C(CN)N(CCC(C)C)C2CC2)cc1Cl. The molecule has 1 fully saturated rings. The maximum absolute atomic E-state index is 6.28. The Morgan fingerprint density at radius 1 is 1.35 bits per heavy atom. The molecule has 0 spiro atoms. The van der Waals surface area contributed by atoms with Crippen LogP contribution in [0, 0.1) is 12.8 Å². The van der Waals surface area contributed by atoms with Crippen molar-refractivity contribution in [3.63, 3.8) is 0 Å². The minimum absolute atomic E-state index is 0.305. The Kier molecular flexibility index (Phi) is 5.48. The van der Waals surface area contributed by atoms with Gasteiger partial charge in [-0.05, 0) is 55.8 Å². The van der Waals surface area contributed by atoms with E-state index in [4.69, 9.17) is 17.3 Å². The predicted molar refractivity (Wildman–Crippen MR) is 87.2 cm³/mol. The summed E-state index contributed by atoms with van der Waals surface area (Å²) in [7, 11) is 0. The minimum Gasteiger partial charge on any atom is -0.329 e.